The Kier molecular flexibility index (Phi) is 1.63. The molecule has 1 saturated heterocycles. The van der Waals surface area contributed by atoms with Gasteiger partial charge in [-0.25, -0.2) is 0 Å². The summed E-state index contributed by atoms with van der Waals surface area (Å²) in [6, 6.07) is 10.5. The van der Waals surface area contributed by atoms with E-state index in [1.807, 2.05) is 35.2 Å². The topological polar surface area (TPSA) is 20.3 Å². The van der Waals surface area contributed by atoms with Gasteiger partial charge in [0, 0.05) is 17.6 Å². The van der Waals surface area contributed by atoms with Gasteiger partial charge >= 0.3 is 0 Å². The molecule has 1 aromatic carbocycles. The summed E-state index contributed by atoms with van der Waals surface area (Å²) in [6.45, 7) is 0. The first-order valence-corrected chi connectivity index (χ1v) is 5.24. The molecule has 1 aromatic rings. The third-order valence-electron chi connectivity index (χ3n) is 3.39. The monoisotopic (exact) mass is 187 g/mol. The van der Waals surface area contributed by atoms with E-state index in [0.717, 1.165) is 18.5 Å². The number of carbonyl (C=O) groups is 1. The number of amides is 1. The van der Waals surface area contributed by atoms with E-state index in [1.54, 1.807) is 0 Å². The molecule has 0 spiro atoms. The molecule has 1 saturated carbocycles. The van der Waals surface area contributed by atoms with Crippen LogP contribution in [0.15, 0.2) is 30.3 Å². The first-order chi connectivity index (χ1) is 6.86. The highest BCUT2D eigenvalue weighted by molar-refractivity contribution is 5.98. The molecule has 2 aliphatic rings. The van der Waals surface area contributed by atoms with Crippen LogP contribution in [0.5, 0.6) is 0 Å². The van der Waals surface area contributed by atoms with Crippen LogP contribution in [0.2, 0.25) is 0 Å². The molecule has 1 amide bonds. The zero-order valence-electron chi connectivity index (χ0n) is 8.02. The molecule has 1 aliphatic heterocycles. The van der Waals surface area contributed by atoms with E-state index in [9.17, 15) is 4.79 Å². The molecule has 2 fully saturated rings. The lowest BCUT2D eigenvalue weighted by Crippen LogP contribution is -2.36. The highest BCUT2D eigenvalue weighted by Gasteiger charge is 2.44. The van der Waals surface area contributed by atoms with Gasteiger partial charge in [-0.3, -0.25) is 4.79 Å². The molecule has 0 N–H and O–H groups in total. The maximum atomic E-state index is 11.9. The molecule has 14 heavy (non-hydrogen) atoms. The highest BCUT2D eigenvalue weighted by atomic mass is 16.2. The lowest BCUT2D eigenvalue weighted by atomic mass is 10.1. The Hall–Kier alpha value is -1.31. The number of nitrogens with zero attached hydrogens (tertiary/aromatic N) is 1. The standard InChI is InChI=1S/C12H13NO/c14-12-9-6-7-11(8-9)13(12)10-4-2-1-3-5-10/h1-5,9,11H,6-8H2. The van der Waals surface area contributed by atoms with Gasteiger partial charge in [-0.05, 0) is 31.4 Å². The van der Waals surface area contributed by atoms with Crippen LogP contribution in [-0.4, -0.2) is 11.9 Å². The molecule has 3 rings (SSSR count). The fraction of sp³-hybridized carbons (Fsp3) is 0.417. The van der Waals surface area contributed by atoms with Crippen molar-refractivity contribution in [1.29, 1.82) is 0 Å². The van der Waals surface area contributed by atoms with Gasteiger partial charge in [0.05, 0.1) is 0 Å². The molecule has 0 radical (unpaired) electrons. The molecular weight excluding hydrogens is 174 g/mol. The van der Waals surface area contributed by atoms with Crippen LogP contribution < -0.4 is 4.90 Å². The zero-order chi connectivity index (χ0) is 9.54. The number of hydrogen-bond donors (Lipinski definition) is 0. The van der Waals surface area contributed by atoms with Gasteiger partial charge in [-0.15, -0.1) is 0 Å². The molecule has 2 heteroatoms. The number of anilines is 1. The smallest absolute Gasteiger partial charge is 0.230 e. The second-order valence-electron chi connectivity index (χ2n) is 4.21. The Labute approximate surface area is 83.5 Å². The minimum Gasteiger partial charge on any atom is -0.309 e. The molecule has 2 unspecified atom stereocenters. The molecule has 2 nitrogen and oxygen atoms in total. The molecule has 72 valence electrons. The van der Waals surface area contributed by atoms with E-state index in [2.05, 4.69) is 0 Å². The average Bonchev–Trinajstić information content (AvgIpc) is 2.79. The third-order valence-corrected chi connectivity index (χ3v) is 3.39. The normalized spacial score (nSPS) is 30.0. The minimum atomic E-state index is 0.320. The first kappa shape index (κ1) is 8.04. The lowest BCUT2D eigenvalue weighted by molar-refractivity contribution is -0.121. The van der Waals surface area contributed by atoms with Crippen LogP contribution in [0.3, 0.4) is 0 Å². The van der Waals surface area contributed by atoms with Crippen LogP contribution >= 0.6 is 0 Å². The predicted octanol–water partition coefficient (Wildman–Crippen LogP) is 2.20. The maximum absolute atomic E-state index is 11.9. The molecular formula is C12H13NO. The largest absolute Gasteiger partial charge is 0.309 e. The van der Waals surface area contributed by atoms with E-state index in [1.165, 1.54) is 6.42 Å². The number of hydrogen-bond acceptors (Lipinski definition) is 1. The van der Waals surface area contributed by atoms with Crippen molar-refractivity contribution in [3.8, 4) is 0 Å². The van der Waals surface area contributed by atoms with Crippen molar-refractivity contribution < 1.29 is 4.79 Å². The van der Waals surface area contributed by atoms with Crippen LogP contribution in [-0.2, 0) is 4.79 Å². The van der Waals surface area contributed by atoms with Crippen molar-refractivity contribution in [3.05, 3.63) is 30.3 Å². The van der Waals surface area contributed by atoms with Crippen molar-refractivity contribution in [1.82, 2.24) is 0 Å². The average molecular weight is 187 g/mol. The predicted molar refractivity (Wildman–Crippen MR) is 55.1 cm³/mol. The lowest BCUT2D eigenvalue weighted by Gasteiger charge is -2.26. The summed E-state index contributed by atoms with van der Waals surface area (Å²) in [4.78, 5) is 13.9. The van der Waals surface area contributed by atoms with E-state index < -0.39 is 0 Å². The Balaban J connectivity index is 1.97. The fourth-order valence-electron chi connectivity index (χ4n) is 2.72. The van der Waals surface area contributed by atoms with Crippen molar-refractivity contribution >= 4 is 11.6 Å². The number of rotatable bonds is 1. The molecule has 2 bridgehead atoms. The Morgan fingerprint density at radius 3 is 2.57 bits per heavy atom. The van der Waals surface area contributed by atoms with E-state index >= 15 is 0 Å². The Morgan fingerprint density at radius 2 is 1.93 bits per heavy atom. The Morgan fingerprint density at radius 1 is 1.14 bits per heavy atom. The van der Waals surface area contributed by atoms with Gasteiger partial charge < -0.3 is 4.90 Å². The van der Waals surface area contributed by atoms with Crippen molar-refractivity contribution in [3.63, 3.8) is 0 Å². The van der Waals surface area contributed by atoms with Gasteiger partial charge in [0.15, 0.2) is 0 Å². The minimum absolute atomic E-state index is 0.320. The fourth-order valence-corrected chi connectivity index (χ4v) is 2.72. The summed E-state index contributed by atoms with van der Waals surface area (Å²) in [6.07, 6.45) is 3.37. The SMILES string of the molecule is O=C1C2CCC(C2)N1c1ccccc1. The van der Waals surface area contributed by atoms with Gasteiger partial charge in [0.2, 0.25) is 5.91 Å². The van der Waals surface area contributed by atoms with Crippen molar-refractivity contribution in [2.24, 2.45) is 5.92 Å². The summed E-state index contributed by atoms with van der Waals surface area (Å²) in [7, 11) is 0. The van der Waals surface area contributed by atoms with Crippen molar-refractivity contribution in [2.75, 3.05) is 4.90 Å². The summed E-state index contributed by atoms with van der Waals surface area (Å²) >= 11 is 0. The van der Waals surface area contributed by atoms with E-state index in [-0.39, 0.29) is 0 Å². The highest BCUT2D eigenvalue weighted by Crippen LogP contribution is 2.40. The number of carbonyl (C=O) groups excluding carboxylic acids is 1. The third kappa shape index (κ3) is 0.999. The quantitative estimate of drug-likeness (QED) is 0.660. The number of para-hydroxylation sites is 1. The first-order valence-electron chi connectivity index (χ1n) is 5.24. The second-order valence-corrected chi connectivity index (χ2v) is 4.21. The van der Waals surface area contributed by atoms with E-state index in [0.29, 0.717) is 17.9 Å². The van der Waals surface area contributed by atoms with Gasteiger partial charge in [0.25, 0.3) is 0 Å². The van der Waals surface area contributed by atoms with E-state index in [4.69, 9.17) is 0 Å². The summed E-state index contributed by atoms with van der Waals surface area (Å²) in [5, 5.41) is 0. The number of fused-ring (bicyclic) bond motifs is 2. The van der Waals surface area contributed by atoms with Crippen molar-refractivity contribution in [2.45, 2.75) is 25.3 Å². The molecule has 0 aromatic heterocycles. The summed E-state index contributed by atoms with van der Waals surface area (Å²) in [5.41, 5.74) is 1.07. The van der Waals surface area contributed by atoms with Gasteiger partial charge in [0.1, 0.15) is 0 Å². The summed E-state index contributed by atoms with van der Waals surface area (Å²) in [5.74, 6) is 0.660. The van der Waals surface area contributed by atoms with Crippen LogP contribution in [0.25, 0.3) is 0 Å². The molecule has 1 heterocycles. The maximum Gasteiger partial charge on any atom is 0.230 e. The summed E-state index contributed by atoms with van der Waals surface area (Å²) < 4.78 is 0. The zero-order valence-corrected chi connectivity index (χ0v) is 8.02. The van der Waals surface area contributed by atoms with Crippen LogP contribution in [0, 0.1) is 5.92 Å². The number of benzene rings is 1. The number of piperidine rings is 1. The molecule has 2 atom stereocenters. The second kappa shape index (κ2) is 2.84. The van der Waals surface area contributed by atoms with Crippen LogP contribution in [0.1, 0.15) is 19.3 Å². The Bertz CT molecular complexity index is 360. The van der Waals surface area contributed by atoms with Crippen LogP contribution in [0.4, 0.5) is 5.69 Å². The van der Waals surface area contributed by atoms with Gasteiger partial charge in [-0.2, -0.15) is 0 Å². The van der Waals surface area contributed by atoms with Gasteiger partial charge in [-0.1, -0.05) is 18.2 Å². The molecule has 1 aliphatic carbocycles.